The van der Waals surface area contributed by atoms with Gasteiger partial charge in [-0.2, -0.15) is 0 Å². The summed E-state index contributed by atoms with van der Waals surface area (Å²) >= 11 is 1.67. The Labute approximate surface area is 134 Å². The van der Waals surface area contributed by atoms with Crippen molar-refractivity contribution in [2.45, 2.75) is 43.9 Å². The van der Waals surface area contributed by atoms with Crippen LogP contribution in [-0.4, -0.2) is 46.8 Å². The summed E-state index contributed by atoms with van der Waals surface area (Å²) in [6.45, 7) is 4.13. The molecule has 0 aromatic carbocycles. The van der Waals surface area contributed by atoms with Crippen molar-refractivity contribution in [2.75, 3.05) is 18.8 Å². The Bertz CT molecular complexity index is 789. The molecule has 2 aliphatic rings. The summed E-state index contributed by atoms with van der Waals surface area (Å²) in [5, 5.41) is 1.85. The van der Waals surface area contributed by atoms with Crippen molar-refractivity contribution >= 4 is 26.1 Å². The lowest BCUT2D eigenvalue weighted by atomic mass is 10.2. The standard InChI is InChI=1S/C15H21N3O2S2/c1-11-4-5-17(7-9-22(11,19)20)10-13-14(12-2-3-12)16-15-18(13)6-8-21-15/h6,8,11-12H,2-5,7,9-10H2,1H3. The lowest BCUT2D eigenvalue weighted by molar-refractivity contribution is 0.278. The highest BCUT2D eigenvalue weighted by atomic mass is 32.2. The summed E-state index contributed by atoms with van der Waals surface area (Å²) in [4.78, 5) is 8.15. The number of nitrogens with zero attached hydrogens (tertiary/aromatic N) is 3. The van der Waals surface area contributed by atoms with E-state index >= 15 is 0 Å². The van der Waals surface area contributed by atoms with Gasteiger partial charge in [0.2, 0.25) is 0 Å². The average Bonchev–Trinajstić information content (AvgIpc) is 3.15. The molecule has 7 heteroatoms. The van der Waals surface area contributed by atoms with Gasteiger partial charge in [-0.1, -0.05) is 0 Å². The fourth-order valence-corrected chi connectivity index (χ4v) is 5.29. The third-order valence-electron chi connectivity index (χ3n) is 4.89. The second kappa shape index (κ2) is 5.32. The molecular formula is C15H21N3O2S2. The van der Waals surface area contributed by atoms with E-state index < -0.39 is 9.84 Å². The quantitative estimate of drug-likeness (QED) is 0.861. The van der Waals surface area contributed by atoms with E-state index in [-0.39, 0.29) is 11.0 Å². The SMILES string of the molecule is CC1CCN(Cc2c(C3CC3)nc3sccn23)CCS1(=O)=O. The lowest BCUT2D eigenvalue weighted by Crippen LogP contribution is -2.27. The Balaban J connectivity index is 1.60. The minimum atomic E-state index is -2.92. The van der Waals surface area contributed by atoms with Crippen molar-refractivity contribution in [3.05, 3.63) is 23.0 Å². The van der Waals surface area contributed by atoms with Crippen LogP contribution in [0.4, 0.5) is 0 Å². The number of aromatic nitrogens is 2. The molecule has 2 fully saturated rings. The van der Waals surface area contributed by atoms with Crippen LogP contribution in [0, 0.1) is 0 Å². The van der Waals surface area contributed by atoms with Gasteiger partial charge in [-0.3, -0.25) is 9.30 Å². The van der Waals surface area contributed by atoms with Gasteiger partial charge in [0, 0.05) is 30.6 Å². The molecule has 0 spiro atoms. The normalized spacial score (nSPS) is 26.3. The van der Waals surface area contributed by atoms with Gasteiger partial charge < -0.3 is 0 Å². The topological polar surface area (TPSA) is 54.7 Å². The molecule has 4 rings (SSSR count). The average molecular weight is 339 g/mol. The van der Waals surface area contributed by atoms with E-state index in [0.29, 0.717) is 12.5 Å². The van der Waals surface area contributed by atoms with E-state index in [0.717, 1.165) is 24.5 Å². The minimum absolute atomic E-state index is 0.216. The number of rotatable bonds is 3. The van der Waals surface area contributed by atoms with Crippen molar-refractivity contribution in [3.8, 4) is 0 Å². The summed E-state index contributed by atoms with van der Waals surface area (Å²) in [6, 6.07) is 0. The first-order valence-corrected chi connectivity index (χ1v) is 10.5. The Morgan fingerprint density at radius 3 is 2.91 bits per heavy atom. The first-order valence-electron chi connectivity index (χ1n) is 7.93. The summed E-state index contributed by atoms with van der Waals surface area (Å²) in [6.07, 6.45) is 5.30. The number of hydrogen-bond donors (Lipinski definition) is 0. The Morgan fingerprint density at radius 2 is 2.14 bits per heavy atom. The molecular weight excluding hydrogens is 318 g/mol. The maximum atomic E-state index is 12.1. The van der Waals surface area contributed by atoms with Gasteiger partial charge in [0.25, 0.3) is 0 Å². The zero-order valence-electron chi connectivity index (χ0n) is 12.7. The zero-order chi connectivity index (χ0) is 15.3. The van der Waals surface area contributed by atoms with E-state index in [9.17, 15) is 8.42 Å². The van der Waals surface area contributed by atoms with Crippen LogP contribution < -0.4 is 0 Å². The van der Waals surface area contributed by atoms with Gasteiger partial charge in [-0.25, -0.2) is 13.4 Å². The first kappa shape index (κ1) is 14.7. The van der Waals surface area contributed by atoms with Crippen LogP contribution in [0.5, 0.6) is 0 Å². The molecule has 5 nitrogen and oxygen atoms in total. The largest absolute Gasteiger partial charge is 0.296 e. The molecule has 0 amide bonds. The third kappa shape index (κ3) is 2.59. The van der Waals surface area contributed by atoms with Crippen LogP contribution in [0.2, 0.25) is 0 Å². The molecule has 1 unspecified atom stereocenters. The molecule has 2 aromatic heterocycles. The monoisotopic (exact) mass is 339 g/mol. The lowest BCUT2D eigenvalue weighted by Gasteiger charge is -2.19. The first-order chi connectivity index (χ1) is 10.5. The molecule has 1 aliphatic heterocycles. The Kier molecular flexibility index (Phi) is 3.54. The number of fused-ring (bicyclic) bond motifs is 1. The molecule has 3 heterocycles. The summed E-state index contributed by atoms with van der Waals surface area (Å²) < 4.78 is 26.3. The smallest absolute Gasteiger partial charge is 0.194 e. The van der Waals surface area contributed by atoms with Crippen molar-refractivity contribution in [2.24, 2.45) is 0 Å². The summed E-state index contributed by atoms with van der Waals surface area (Å²) in [5.74, 6) is 0.898. The molecule has 2 aromatic rings. The zero-order valence-corrected chi connectivity index (χ0v) is 14.4. The second-order valence-corrected chi connectivity index (χ2v) is 9.93. The molecule has 1 saturated carbocycles. The predicted molar refractivity (Wildman–Crippen MR) is 88.2 cm³/mol. The summed E-state index contributed by atoms with van der Waals surface area (Å²) in [7, 11) is -2.92. The van der Waals surface area contributed by atoms with E-state index in [1.54, 1.807) is 11.3 Å². The van der Waals surface area contributed by atoms with Gasteiger partial charge in [-0.05, 0) is 32.7 Å². The molecule has 1 atom stereocenters. The van der Waals surface area contributed by atoms with E-state index in [1.165, 1.54) is 24.2 Å². The molecule has 0 bridgehead atoms. The number of hydrogen-bond acceptors (Lipinski definition) is 5. The molecule has 120 valence electrons. The van der Waals surface area contributed by atoms with E-state index in [2.05, 4.69) is 20.9 Å². The minimum Gasteiger partial charge on any atom is -0.296 e. The maximum absolute atomic E-state index is 12.1. The Morgan fingerprint density at radius 1 is 1.32 bits per heavy atom. The number of imidazole rings is 1. The second-order valence-electron chi connectivity index (χ2n) is 6.52. The van der Waals surface area contributed by atoms with Gasteiger partial charge in [0.15, 0.2) is 14.8 Å². The maximum Gasteiger partial charge on any atom is 0.194 e. The van der Waals surface area contributed by atoms with Crippen LogP contribution in [0.25, 0.3) is 4.96 Å². The summed E-state index contributed by atoms with van der Waals surface area (Å²) in [5.41, 5.74) is 2.51. The molecule has 0 radical (unpaired) electrons. The molecule has 0 N–H and O–H groups in total. The third-order valence-corrected chi connectivity index (χ3v) is 7.86. The van der Waals surface area contributed by atoms with Crippen molar-refractivity contribution in [3.63, 3.8) is 0 Å². The van der Waals surface area contributed by atoms with E-state index in [4.69, 9.17) is 4.98 Å². The van der Waals surface area contributed by atoms with Gasteiger partial charge >= 0.3 is 0 Å². The van der Waals surface area contributed by atoms with Crippen LogP contribution >= 0.6 is 11.3 Å². The fraction of sp³-hybridized carbons (Fsp3) is 0.667. The van der Waals surface area contributed by atoms with Gasteiger partial charge in [-0.15, -0.1) is 11.3 Å². The number of thiazole rings is 1. The molecule has 1 aliphatic carbocycles. The fourth-order valence-electron chi connectivity index (χ4n) is 3.17. The highest BCUT2D eigenvalue weighted by Crippen LogP contribution is 2.42. The predicted octanol–water partition coefficient (Wildman–Crippen LogP) is 2.28. The van der Waals surface area contributed by atoms with Crippen LogP contribution in [-0.2, 0) is 16.4 Å². The van der Waals surface area contributed by atoms with Crippen molar-refractivity contribution in [1.29, 1.82) is 0 Å². The molecule has 22 heavy (non-hydrogen) atoms. The number of sulfone groups is 1. The van der Waals surface area contributed by atoms with E-state index in [1.807, 2.05) is 6.92 Å². The Hall–Kier alpha value is -0.920. The molecule has 1 saturated heterocycles. The van der Waals surface area contributed by atoms with Crippen LogP contribution in [0.1, 0.15) is 43.5 Å². The van der Waals surface area contributed by atoms with Crippen molar-refractivity contribution in [1.82, 2.24) is 14.3 Å². The highest BCUT2D eigenvalue weighted by molar-refractivity contribution is 7.92. The van der Waals surface area contributed by atoms with Crippen LogP contribution in [0.15, 0.2) is 11.6 Å². The van der Waals surface area contributed by atoms with Gasteiger partial charge in [0.1, 0.15) is 0 Å². The highest BCUT2D eigenvalue weighted by Gasteiger charge is 2.32. The van der Waals surface area contributed by atoms with Crippen molar-refractivity contribution < 1.29 is 8.42 Å². The van der Waals surface area contributed by atoms with Gasteiger partial charge in [0.05, 0.1) is 22.4 Å². The van der Waals surface area contributed by atoms with Crippen LogP contribution in [0.3, 0.4) is 0 Å².